The fourth-order valence-corrected chi connectivity index (χ4v) is 8.94. The van der Waals surface area contributed by atoms with Gasteiger partial charge in [-0.05, 0) is 123 Å². The van der Waals surface area contributed by atoms with Gasteiger partial charge in [-0.2, -0.15) is 0 Å². The second-order valence-corrected chi connectivity index (χ2v) is 15.3. The van der Waals surface area contributed by atoms with Gasteiger partial charge in [0.05, 0.1) is 0 Å². The van der Waals surface area contributed by atoms with Crippen LogP contribution in [0.3, 0.4) is 0 Å². The molecule has 0 fully saturated rings. The van der Waals surface area contributed by atoms with Gasteiger partial charge in [-0.1, -0.05) is 97.1 Å². The van der Waals surface area contributed by atoms with Crippen molar-refractivity contribution in [1.29, 1.82) is 0 Å². The highest BCUT2D eigenvalue weighted by Gasteiger charge is 2.17. The standard InChI is InChI=1S/C54H30O4/c1-3-7-31(8-4-1)33-13-19-47-41(23-33)43-25-35(15-21-49(43)55-47)37-11-17-39-45-29-46-40-18-12-38(28-52(40)58-54(46)30-53(45)57-51(39)27-37)36-16-22-50-44(26-36)42-24-34(14-20-48(42)56-50)32-9-5-2-6-10-32/h1-30H. The molecule has 270 valence electrons. The summed E-state index contributed by atoms with van der Waals surface area (Å²) in [4.78, 5) is 0. The zero-order chi connectivity index (χ0) is 37.9. The minimum absolute atomic E-state index is 0.802. The van der Waals surface area contributed by atoms with Crippen LogP contribution in [0, 0.1) is 0 Å². The van der Waals surface area contributed by atoms with E-state index in [4.69, 9.17) is 17.7 Å². The Morgan fingerprint density at radius 1 is 0.172 bits per heavy atom. The smallest absolute Gasteiger partial charge is 0.139 e. The predicted molar refractivity (Wildman–Crippen MR) is 237 cm³/mol. The lowest BCUT2D eigenvalue weighted by atomic mass is 9.99. The topological polar surface area (TPSA) is 52.6 Å². The van der Waals surface area contributed by atoms with Gasteiger partial charge in [-0.25, -0.2) is 0 Å². The number of fused-ring (bicyclic) bond motifs is 12. The van der Waals surface area contributed by atoms with Gasteiger partial charge in [-0.15, -0.1) is 0 Å². The van der Waals surface area contributed by atoms with Crippen molar-refractivity contribution in [3.63, 3.8) is 0 Å². The molecule has 0 unspecified atom stereocenters. The van der Waals surface area contributed by atoms with Gasteiger partial charge in [0.25, 0.3) is 0 Å². The van der Waals surface area contributed by atoms with Crippen molar-refractivity contribution >= 4 is 87.8 Å². The molecule has 0 saturated carbocycles. The normalized spacial score (nSPS) is 12.1. The van der Waals surface area contributed by atoms with Gasteiger partial charge in [-0.3, -0.25) is 0 Å². The SMILES string of the molecule is c1ccc(-c2ccc3oc4ccc(-c5ccc6c(c5)oc5cc7oc8cc(-c9ccc%10oc%11ccc(-c%12ccccc%12)cc%11c%10c9)ccc8c7cc56)cc4c3c2)cc1. The Morgan fingerprint density at radius 2 is 0.466 bits per heavy atom. The first kappa shape index (κ1) is 31.4. The third-order valence-electron chi connectivity index (χ3n) is 11.9. The first-order chi connectivity index (χ1) is 28.7. The number of hydrogen-bond donors (Lipinski definition) is 0. The second kappa shape index (κ2) is 11.8. The van der Waals surface area contributed by atoms with Crippen molar-refractivity contribution < 1.29 is 17.7 Å². The number of hydrogen-bond acceptors (Lipinski definition) is 4. The molecule has 4 heteroatoms. The molecule has 13 aromatic rings. The summed E-state index contributed by atoms with van der Waals surface area (Å²) in [5.41, 5.74) is 15.9. The number of benzene rings is 9. The van der Waals surface area contributed by atoms with Crippen molar-refractivity contribution in [2.75, 3.05) is 0 Å². The first-order valence-electron chi connectivity index (χ1n) is 19.5. The summed E-state index contributed by atoms with van der Waals surface area (Å²) in [6, 6.07) is 63.8. The summed E-state index contributed by atoms with van der Waals surface area (Å²) in [7, 11) is 0. The molecule has 0 radical (unpaired) electrons. The zero-order valence-electron chi connectivity index (χ0n) is 31.0. The molecule has 4 nitrogen and oxygen atoms in total. The number of furan rings is 4. The van der Waals surface area contributed by atoms with E-state index in [1.807, 2.05) is 18.2 Å². The van der Waals surface area contributed by atoms with Gasteiger partial charge < -0.3 is 17.7 Å². The molecule has 0 atom stereocenters. The van der Waals surface area contributed by atoms with E-state index >= 15 is 0 Å². The van der Waals surface area contributed by atoms with Crippen LogP contribution in [0.5, 0.6) is 0 Å². The van der Waals surface area contributed by atoms with Gasteiger partial charge in [0.15, 0.2) is 0 Å². The minimum atomic E-state index is 0.802. The first-order valence-corrected chi connectivity index (χ1v) is 19.5. The van der Waals surface area contributed by atoms with Crippen molar-refractivity contribution in [3.8, 4) is 44.5 Å². The molecule has 0 bridgehead atoms. The van der Waals surface area contributed by atoms with Crippen LogP contribution in [-0.4, -0.2) is 0 Å². The second-order valence-electron chi connectivity index (χ2n) is 15.3. The van der Waals surface area contributed by atoms with E-state index in [0.29, 0.717) is 0 Å². The summed E-state index contributed by atoms with van der Waals surface area (Å²) >= 11 is 0. The zero-order valence-corrected chi connectivity index (χ0v) is 31.0. The van der Waals surface area contributed by atoms with Crippen LogP contribution in [0.2, 0.25) is 0 Å². The summed E-state index contributed by atoms with van der Waals surface area (Å²) < 4.78 is 25.6. The molecule has 0 saturated heterocycles. The molecule has 0 aliphatic heterocycles. The summed E-state index contributed by atoms with van der Waals surface area (Å²) in [5.74, 6) is 0. The van der Waals surface area contributed by atoms with Crippen LogP contribution in [0.25, 0.3) is 132 Å². The van der Waals surface area contributed by atoms with Crippen molar-refractivity contribution in [2.45, 2.75) is 0 Å². The Balaban J connectivity index is 0.863. The molecule has 58 heavy (non-hydrogen) atoms. The Bertz CT molecular complexity index is 3540. The van der Waals surface area contributed by atoms with Crippen LogP contribution in [0.1, 0.15) is 0 Å². The third-order valence-corrected chi connectivity index (χ3v) is 11.9. The van der Waals surface area contributed by atoms with Crippen molar-refractivity contribution in [3.05, 3.63) is 182 Å². The van der Waals surface area contributed by atoms with E-state index in [1.165, 1.54) is 22.3 Å². The van der Waals surface area contributed by atoms with Crippen LogP contribution in [0.4, 0.5) is 0 Å². The summed E-state index contributed by atoms with van der Waals surface area (Å²) in [6.45, 7) is 0. The third kappa shape index (κ3) is 4.76. The monoisotopic (exact) mass is 742 g/mol. The molecule has 4 aromatic heterocycles. The van der Waals surface area contributed by atoms with Gasteiger partial charge >= 0.3 is 0 Å². The van der Waals surface area contributed by atoms with Gasteiger partial charge in [0, 0.05) is 49.2 Å². The molecule has 0 spiro atoms. The molecule has 9 aromatic carbocycles. The highest BCUT2D eigenvalue weighted by molar-refractivity contribution is 6.16. The van der Waals surface area contributed by atoms with E-state index in [1.54, 1.807) is 0 Å². The molecule has 0 N–H and O–H groups in total. The van der Waals surface area contributed by atoms with Crippen molar-refractivity contribution in [2.24, 2.45) is 0 Å². The Kier molecular flexibility index (Phi) is 6.41. The fourth-order valence-electron chi connectivity index (χ4n) is 8.94. The Hall–Kier alpha value is -7.82. The lowest BCUT2D eigenvalue weighted by Gasteiger charge is -2.03. The van der Waals surface area contributed by atoms with Crippen LogP contribution < -0.4 is 0 Å². The number of rotatable bonds is 4. The Labute approximate surface area is 330 Å². The lowest BCUT2D eigenvalue weighted by molar-refractivity contribution is 0.656. The maximum Gasteiger partial charge on any atom is 0.139 e. The van der Waals surface area contributed by atoms with Crippen LogP contribution in [0.15, 0.2) is 200 Å². The molecule has 13 rings (SSSR count). The fraction of sp³-hybridized carbons (Fsp3) is 0. The average molecular weight is 743 g/mol. The predicted octanol–water partition coefficient (Wildman–Crippen LogP) is 16.0. The molecular formula is C54H30O4. The van der Waals surface area contributed by atoms with Gasteiger partial charge in [0.1, 0.15) is 44.7 Å². The van der Waals surface area contributed by atoms with E-state index in [-0.39, 0.29) is 0 Å². The molecule has 0 aliphatic rings. The maximum atomic E-state index is 6.54. The molecular weight excluding hydrogens is 713 g/mol. The van der Waals surface area contributed by atoms with Crippen LogP contribution in [-0.2, 0) is 0 Å². The Morgan fingerprint density at radius 3 is 0.862 bits per heavy atom. The lowest BCUT2D eigenvalue weighted by Crippen LogP contribution is -1.79. The van der Waals surface area contributed by atoms with Gasteiger partial charge in [0.2, 0.25) is 0 Å². The molecule has 0 aliphatic carbocycles. The highest BCUT2D eigenvalue weighted by Crippen LogP contribution is 2.41. The molecule has 4 heterocycles. The van der Waals surface area contributed by atoms with Crippen molar-refractivity contribution in [1.82, 2.24) is 0 Å². The van der Waals surface area contributed by atoms with E-state index in [0.717, 1.165) is 110 Å². The quantitative estimate of drug-likeness (QED) is 0.180. The molecule has 0 amide bonds. The van der Waals surface area contributed by atoms with E-state index < -0.39 is 0 Å². The maximum absolute atomic E-state index is 6.54. The average Bonchev–Trinajstić information content (AvgIpc) is 4.04. The minimum Gasteiger partial charge on any atom is -0.456 e. The van der Waals surface area contributed by atoms with Crippen LogP contribution >= 0.6 is 0 Å². The largest absolute Gasteiger partial charge is 0.456 e. The van der Waals surface area contributed by atoms with E-state index in [2.05, 4.69) is 164 Å². The summed E-state index contributed by atoms with van der Waals surface area (Å²) in [6.07, 6.45) is 0. The highest BCUT2D eigenvalue weighted by atomic mass is 16.3. The summed E-state index contributed by atoms with van der Waals surface area (Å²) in [5, 5.41) is 8.69. The van der Waals surface area contributed by atoms with E-state index in [9.17, 15) is 0 Å².